The molecule has 0 aromatic heterocycles. The highest BCUT2D eigenvalue weighted by molar-refractivity contribution is 5.97. The molecule has 0 bridgehead atoms. The van der Waals surface area contributed by atoms with Crippen molar-refractivity contribution in [2.24, 2.45) is 0 Å². The van der Waals surface area contributed by atoms with Crippen molar-refractivity contribution in [2.45, 2.75) is 12.8 Å². The van der Waals surface area contributed by atoms with E-state index in [4.69, 9.17) is 4.74 Å². The van der Waals surface area contributed by atoms with Crippen molar-refractivity contribution in [1.29, 1.82) is 0 Å². The van der Waals surface area contributed by atoms with Gasteiger partial charge in [-0.1, -0.05) is 24.3 Å². The molecule has 0 atom stereocenters. The minimum Gasteiger partial charge on any atom is -0.482 e. The molecule has 0 saturated carbocycles. The molecule has 1 aliphatic rings. The van der Waals surface area contributed by atoms with Gasteiger partial charge in [0.2, 0.25) is 5.91 Å². The van der Waals surface area contributed by atoms with Gasteiger partial charge < -0.3 is 15.0 Å². The van der Waals surface area contributed by atoms with Crippen LogP contribution in [-0.4, -0.2) is 32.0 Å². The molecule has 5 nitrogen and oxygen atoms in total. The lowest BCUT2D eigenvalue weighted by atomic mass is 10.1. The van der Waals surface area contributed by atoms with E-state index in [1.54, 1.807) is 30.1 Å². The summed E-state index contributed by atoms with van der Waals surface area (Å²) >= 11 is 0. The van der Waals surface area contributed by atoms with Crippen LogP contribution < -0.4 is 15.0 Å². The van der Waals surface area contributed by atoms with E-state index in [2.05, 4.69) is 5.32 Å². The first kappa shape index (κ1) is 17.0. The van der Waals surface area contributed by atoms with Crippen LogP contribution in [0.5, 0.6) is 5.75 Å². The van der Waals surface area contributed by atoms with Gasteiger partial charge in [-0.15, -0.1) is 0 Å². The van der Waals surface area contributed by atoms with Crippen LogP contribution in [0.4, 0.5) is 10.1 Å². The van der Waals surface area contributed by atoms with E-state index < -0.39 is 0 Å². The van der Waals surface area contributed by atoms with E-state index in [-0.39, 0.29) is 30.7 Å². The number of anilines is 1. The Balaban J connectivity index is 1.55. The minimum absolute atomic E-state index is 0.0158. The Kier molecular flexibility index (Phi) is 4.97. The van der Waals surface area contributed by atoms with Gasteiger partial charge in [0.05, 0.1) is 12.1 Å². The molecule has 1 heterocycles. The summed E-state index contributed by atoms with van der Waals surface area (Å²) in [6.07, 6.45) is 0.625. The zero-order valence-corrected chi connectivity index (χ0v) is 13.9. The highest BCUT2D eigenvalue weighted by atomic mass is 19.1. The maximum atomic E-state index is 13.5. The molecule has 25 heavy (non-hydrogen) atoms. The monoisotopic (exact) mass is 342 g/mol. The van der Waals surface area contributed by atoms with Crippen LogP contribution in [0.1, 0.15) is 11.1 Å². The molecule has 2 aromatic rings. The summed E-state index contributed by atoms with van der Waals surface area (Å²) in [6, 6.07) is 11.9. The van der Waals surface area contributed by atoms with Gasteiger partial charge in [-0.2, -0.15) is 0 Å². The Morgan fingerprint density at radius 1 is 1.28 bits per heavy atom. The van der Waals surface area contributed by atoms with E-state index in [0.717, 1.165) is 11.3 Å². The van der Waals surface area contributed by atoms with Crippen LogP contribution in [0.25, 0.3) is 0 Å². The average Bonchev–Trinajstić information content (AvgIpc) is 2.60. The number of fused-ring (bicyclic) bond motifs is 1. The van der Waals surface area contributed by atoms with E-state index in [9.17, 15) is 14.0 Å². The Morgan fingerprint density at radius 3 is 2.88 bits per heavy atom. The van der Waals surface area contributed by atoms with Crippen molar-refractivity contribution >= 4 is 17.5 Å². The number of hydrogen-bond donors (Lipinski definition) is 1. The SMILES string of the molecule is CN1C(=O)COc2ccc(CCNC(=O)Cc3ccccc3F)cc21. The molecule has 6 heteroatoms. The Morgan fingerprint density at radius 2 is 2.08 bits per heavy atom. The molecular formula is C19H19FN2O3. The first-order chi connectivity index (χ1) is 12.0. The first-order valence-corrected chi connectivity index (χ1v) is 8.07. The fourth-order valence-electron chi connectivity index (χ4n) is 2.70. The second-order valence-electron chi connectivity index (χ2n) is 5.91. The number of nitrogens with zero attached hydrogens (tertiary/aromatic N) is 1. The number of halogens is 1. The van der Waals surface area contributed by atoms with Crippen LogP contribution in [0, 0.1) is 5.82 Å². The van der Waals surface area contributed by atoms with Crippen molar-refractivity contribution in [2.75, 3.05) is 25.1 Å². The number of carbonyl (C=O) groups is 2. The molecule has 2 aromatic carbocycles. The van der Waals surface area contributed by atoms with Crippen LogP contribution >= 0.6 is 0 Å². The highest BCUT2D eigenvalue weighted by Gasteiger charge is 2.22. The number of benzene rings is 2. The van der Waals surface area contributed by atoms with Crippen molar-refractivity contribution in [3.8, 4) is 5.75 Å². The number of hydrogen-bond acceptors (Lipinski definition) is 3. The molecule has 0 saturated heterocycles. The predicted molar refractivity (Wildman–Crippen MR) is 92.2 cm³/mol. The van der Waals surface area contributed by atoms with Gasteiger partial charge in [0.1, 0.15) is 11.6 Å². The van der Waals surface area contributed by atoms with Crippen molar-refractivity contribution in [3.05, 3.63) is 59.4 Å². The van der Waals surface area contributed by atoms with E-state index >= 15 is 0 Å². The lowest BCUT2D eigenvalue weighted by Gasteiger charge is -2.26. The third kappa shape index (κ3) is 3.96. The molecule has 0 fully saturated rings. The van der Waals surface area contributed by atoms with Crippen molar-refractivity contribution in [3.63, 3.8) is 0 Å². The van der Waals surface area contributed by atoms with Gasteiger partial charge >= 0.3 is 0 Å². The topological polar surface area (TPSA) is 58.6 Å². The van der Waals surface area contributed by atoms with Crippen LogP contribution in [0.3, 0.4) is 0 Å². The zero-order valence-electron chi connectivity index (χ0n) is 13.9. The summed E-state index contributed by atoms with van der Waals surface area (Å²) in [5, 5.41) is 2.79. The normalized spacial score (nSPS) is 13.2. The Hall–Kier alpha value is -2.89. The average molecular weight is 342 g/mol. The van der Waals surface area contributed by atoms with Gasteiger partial charge in [0.15, 0.2) is 6.61 Å². The highest BCUT2D eigenvalue weighted by Crippen LogP contribution is 2.31. The fourth-order valence-corrected chi connectivity index (χ4v) is 2.70. The number of rotatable bonds is 5. The van der Waals surface area contributed by atoms with Gasteiger partial charge in [-0.05, 0) is 35.7 Å². The molecule has 0 radical (unpaired) electrons. The number of ether oxygens (including phenoxy) is 1. The summed E-state index contributed by atoms with van der Waals surface area (Å²) in [5.74, 6) is -0.0176. The molecule has 2 amide bonds. The van der Waals surface area contributed by atoms with Gasteiger partial charge in [0, 0.05) is 13.6 Å². The largest absolute Gasteiger partial charge is 0.482 e. The second-order valence-corrected chi connectivity index (χ2v) is 5.91. The smallest absolute Gasteiger partial charge is 0.264 e. The summed E-state index contributed by atoms with van der Waals surface area (Å²) in [5.41, 5.74) is 2.09. The van der Waals surface area contributed by atoms with Crippen molar-refractivity contribution < 1.29 is 18.7 Å². The molecule has 1 aliphatic heterocycles. The summed E-state index contributed by atoms with van der Waals surface area (Å²) < 4.78 is 18.9. The molecular weight excluding hydrogens is 323 g/mol. The standard InChI is InChI=1S/C19H19FN2O3/c1-22-16-10-13(6-7-17(16)25-12-19(22)24)8-9-21-18(23)11-14-4-2-3-5-15(14)20/h2-7,10H,8-9,11-12H2,1H3,(H,21,23). The van der Waals surface area contributed by atoms with E-state index in [1.807, 2.05) is 18.2 Å². The zero-order chi connectivity index (χ0) is 17.8. The summed E-state index contributed by atoms with van der Waals surface area (Å²) in [7, 11) is 1.71. The van der Waals surface area contributed by atoms with Crippen LogP contribution in [0.15, 0.2) is 42.5 Å². The Labute approximate surface area is 145 Å². The fraction of sp³-hybridized carbons (Fsp3) is 0.263. The maximum absolute atomic E-state index is 13.5. The number of amides is 2. The molecule has 3 rings (SSSR count). The third-order valence-corrected chi connectivity index (χ3v) is 4.15. The molecule has 0 aliphatic carbocycles. The maximum Gasteiger partial charge on any atom is 0.264 e. The molecule has 130 valence electrons. The lowest BCUT2D eigenvalue weighted by molar-refractivity contribution is -0.121. The Bertz CT molecular complexity index is 807. The molecule has 0 spiro atoms. The summed E-state index contributed by atoms with van der Waals surface area (Å²) in [6.45, 7) is 0.486. The first-order valence-electron chi connectivity index (χ1n) is 8.07. The van der Waals surface area contributed by atoms with Crippen LogP contribution in [-0.2, 0) is 22.4 Å². The number of nitrogens with one attached hydrogen (secondary N) is 1. The van der Waals surface area contributed by atoms with Gasteiger partial charge in [0.25, 0.3) is 5.91 Å². The number of likely N-dealkylation sites (N-methyl/N-ethyl adjacent to an activating group) is 1. The second kappa shape index (κ2) is 7.34. The predicted octanol–water partition coefficient (Wildman–Crippen LogP) is 2.08. The van der Waals surface area contributed by atoms with E-state index in [0.29, 0.717) is 24.3 Å². The van der Waals surface area contributed by atoms with Crippen molar-refractivity contribution in [1.82, 2.24) is 5.32 Å². The summed E-state index contributed by atoms with van der Waals surface area (Å²) in [4.78, 5) is 25.2. The molecule has 0 unspecified atom stereocenters. The van der Waals surface area contributed by atoms with Crippen LogP contribution in [0.2, 0.25) is 0 Å². The molecule has 1 N–H and O–H groups in total. The minimum atomic E-state index is -0.375. The lowest BCUT2D eigenvalue weighted by Crippen LogP contribution is -2.35. The third-order valence-electron chi connectivity index (χ3n) is 4.15. The quantitative estimate of drug-likeness (QED) is 0.905. The van der Waals surface area contributed by atoms with E-state index in [1.165, 1.54) is 6.07 Å². The number of carbonyl (C=O) groups excluding carboxylic acids is 2. The van der Waals surface area contributed by atoms with Gasteiger partial charge in [-0.3, -0.25) is 9.59 Å². The van der Waals surface area contributed by atoms with Gasteiger partial charge in [-0.25, -0.2) is 4.39 Å².